The fourth-order valence-corrected chi connectivity index (χ4v) is 1.30. The maximum absolute atomic E-state index is 10.7. The first kappa shape index (κ1) is 13.5. The average molecular weight is 234 g/mol. The molecule has 0 aromatic heterocycles. The lowest BCUT2D eigenvalue weighted by Gasteiger charge is -2.04. The fourth-order valence-electron chi connectivity index (χ4n) is 1.30. The Kier molecular flexibility index (Phi) is 6.75. The molecule has 0 saturated heterocycles. The lowest BCUT2D eigenvalue weighted by atomic mass is 10.2. The number of ether oxygens (including phenoxy) is 2. The summed E-state index contributed by atoms with van der Waals surface area (Å²) in [6.07, 6.45) is 2.87. The van der Waals surface area contributed by atoms with Crippen LogP contribution in [0.4, 0.5) is 0 Å². The van der Waals surface area contributed by atoms with E-state index >= 15 is 0 Å². The van der Waals surface area contributed by atoms with Gasteiger partial charge in [-0.2, -0.15) is 0 Å². The Morgan fingerprint density at radius 3 is 2.59 bits per heavy atom. The highest BCUT2D eigenvalue weighted by Crippen LogP contribution is 2.01. The molecule has 0 radical (unpaired) electrons. The summed E-state index contributed by atoms with van der Waals surface area (Å²) >= 11 is 0. The molecule has 0 bridgehead atoms. The van der Waals surface area contributed by atoms with Crippen LogP contribution in [-0.4, -0.2) is 19.2 Å². The number of hydrogen-bond donors (Lipinski definition) is 0. The summed E-state index contributed by atoms with van der Waals surface area (Å²) in [7, 11) is 0. The van der Waals surface area contributed by atoms with E-state index in [1.807, 2.05) is 30.3 Å². The second-order valence-electron chi connectivity index (χ2n) is 3.62. The number of carbonyl (C=O) groups is 1. The van der Waals surface area contributed by atoms with Gasteiger partial charge < -0.3 is 9.47 Å². The Balaban J connectivity index is 1.95. The van der Waals surface area contributed by atoms with Crippen molar-refractivity contribution in [3.63, 3.8) is 0 Å². The highest BCUT2D eigenvalue weighted by atomic mass is 16.5. The molecule has 0 N–H and O–H groups in total. The Morgan fingerprint density at radius 2 is 1.88 bits per heavy atom. The molecule has 0 amide bonds. The van der Waals surface area contributed by atoms with Crippen molar-refractivity contribution >= 4 is 5.97 Å². The first-order chi connectivity index (χ1) is 8.33. The standard InChI is InChI=1S/C14H18O3/c1-2-14(15)17-11-7-6-10-16-12-13-8-4-3-5-9-13/h2-5,8-9H,1,6-7,10-12H2. The first-order valence-corrected chi connectivity index (χ1v) is 5.74. The van der Waals surface area contributed by atoms with Crippen LogP contribution < -0.4 is 0 Å². The molecule has 0 aliphatic rings. The van der Waals surface area contributed by atoms with Crippen molar-refractivity contribution in [2.24, 2.45) is 0 Å². The van der Waals surface area contributed by atoms with Crippen molar-refractivity contribution in [1.29, 1.82) is 0 Å². The molecule has 17 heavy (non-hydrogen) atoms. The van der Waals surface area contributed by atoms with E-state index < -0.39 is 0 Å². The molecule has 0 atom stereocenters. The summed E-state index contributed by atoms with van der Waals surface area (Å²) in [5.74, 6) is -0.366. The summed E-state index contributed by atoms with van der Waals surface area (Å²) in [4.78, 5) is 10.7. The lowest BCUT2D eigenvalue weighted by molar-refractivity contribution is -0.137. The SMILES string of the molecule is C=CC(=O)OCCCCOCc1ccccc1. The lowest BCUT2D eigenvalue weighted by Crippen LogP contribution is -2.03. The normalized spacial score (nSPS) is 9.88. The number of rotatable bonds is 8. The van der Waals surface area contributed by atoms with Gasteiger partial charge in [0.15, 0.2) is 0 Å². The van der Waals surface area contributed by atoms with Crippen molar-refractivity contribution in [2.45, 2.75) is 19.4 Å². The molecule has 1 aromatic carbocycles. The second kappa shape index (κ2) is 8.53. The van der Waals surface area contributed by atoms with Crippen molar-refractivity contribution in [3.8, 4) is 0 Å². The highest BCUT2D eigenvalue weighted by Gasteiger charge is 1.95. The third-order valence-corrected chi connectivity index (χ3v) is 2.21. The van der Waals surface area contributed by atoms with Gasteiger partial charge >= 0.3 is 5.97 Å². The minimum absolute atomic E-state index is 0.366. The molecule has 1 rings (SSSR count). The minimum Gasteiger partial charge on any atom is -0.463 e. The summed E-state index contributed by atoms with van der Waals surface area (Å²) in [6.45, 7) is 5.07. The van der Waals surface area contributed by atoms with Crippen molar-refractivity contribution in [2.75, 3.05) is 13.2 Å². The van der Waals surface area contributed by atoms with Crippen LogP contribution in [0.3, 0.4) is 0 Å². The van der Waals surface area contributed by atoms with Gasteiger partial charge in [-0.3, -0.25) is 0 Å². The molecule has 0 spiro atoms. The van der Waals surface area contributed by atoms with Crippen molar-refractivity contribution < 1.29 is 14.3 Å². The number of unbranched alkanes of at least 4 members (excludes halogenated alkanes) is 1. The summed E-state index contributed by atoms with van der Waals surface area (Å²) in [6, 6.07) is 10.0. The van der Waals surface area contributed by atoms with E-state index in [1.54, 1.807) is 0 Å². The fraction of sp³-hybridized carbons (Fsp3) is 0.357. The van der Waals surface area contributed by atoms with E-state index in [4.69, 9.17) is 9.47 Å². The van der Waals surface area contributed by atoms with Gasteiger partial charge in [-0.15, -0.1) is 0 Å². The summed E-state index contributed by atoms with van der Waals surface area (Å²) in [5, 5.41) is 0. The molecule has 1 aromatic rings. The van der Waals surface area contributed by atoms with Crippen LogP contribution in [0.1, 0.15) is 18.4 Å². The molecule has 3 heteroatoms. The smallest absolute Gasteiger partial charge is 0.330 e. The molecular weight excluding hydrogens is 216 g/mol. The molecule has 0 unspecified atom stereocenters. The number of benzene rings is 1. The number of carbonyl (C=O) groups excluding carboxylic acids is 1. The van der Waals surface area contributed by atoms with Gasteiger partial charge in [-0.25, -0.2) is 4.79 Å². The van der Waals surface area contributed by atoms with Crippen LogP contribution in [0.5, 0.6) is 0 Å². The van der Waals surface area contributed by atoms with Crippen LogP contribution in [0.2, 0.25) is 0 Å². The molecule has 0 aliphatic heterocycles. The Bertz CT molecular complexity index is 333. The first-order valence-electron chi connectivity index (χ1n) is 5.74. The third kappa shape index (κ3) is 6.53. The molecular formula is C14H18O3. The molecule has 0 aliphatic carbocycles. The molecule has 92 valence electrons. The maximum atomic E-state index is 10.7. The van der Waals surface area contributed by atoms with Crippen molar-refractivity contribution in [3.05, 3.63) is 48.6 Å². The van der Waals surface area contributed by atoms with Crippen molar-refractivity contribution in [1.82, 2.24) is 0 Å². The van der Waals surface area contributed by atoms with E-state index in [1.165, 1.54) is 11.6 Å². The van der Waals surface area contributed by atoms with E-state index in [0.29, 0.717) is 19.8 Å². The third-order valence-electron chi connectivity index (χ3n) is 2.21. The zero-order valence-corrected chi connectivity index (χ0v) is 9.93. The van der Waals surface area contributed by atoms with E-state index in [0.717, 1.165) is 12.8 Å². The molecule has 0 saturated carbocycles. The monoisotopic (exact) mass is 234 g/mol. The molecule has 3 nitrogen and oxygen atoms in total. The Hall–Kier alpha value is -1.61. The Morgan fingerprint density at radius 1 is 1.18 bits per heavy atom. The summed E-state index contributed by atoms with van der Waals surface area (Å²) in [5.41, 5.74) is 1.17. The van der Waals surface area contributed by atoms with Gasteiger partial charge in [0.2, 0.25) is 0 Å². The van der Waals surface area contributed by atoms with Crippen LogP contribution >= 0.6 is 0 Å². The number of hydrogen-bond acceptors (Lipinski definition) is 3. The Labute approximate surface area is 102 Å². The zero-order chi connectivity index (χ0) is 12.3. The molecule has 0 fully saturated rings. The van der Waals surface area contributed by atoms with Gasteiger partial charge in [0.05, 0.1) is 13.2 Å². The van der Waals surface area contributed by atoms with Crippen LogP contribution in [0, 0.1) is 0 Å². The van der Waals surface area contributed by atoms with Crippen LogP contribution in [0.25, 0.3) is 0 Å². The molecule has 0 heterocycles. The number of esters is 1. The van der Waals surface area contributed by atoms with E-state index in [2.05, 4.69) is 6.58 Å². The zero-order valence-electron chi connectivity index (χ0n) is 9.93. The quantitative estimate of drug-likeness (QED) is 0.394. The van der Waals surface area contributed by atoms with Gasteiger partial charge in [-0.1, -0.05) is 36.9 Å². The second-order valence-corrected chi connectivity index (χ2v) is 3.62. The minimum atomic E-state index is -0.366. The predicted octanol–water partition coefficient (Wildman–Crippen LogP) is 2.71. The highest BCUT2D eigenvalue weighted by molar-refractivity contribution is 5.81. The van der Waals surface area contributed by atoms with Crippen LogP contribution in [-0.2, 0) is 20.9 Å². The van der Waals surface area contributed by atoms with Gasteiger partial charge in [0, 0.05) is 12.7 Å². The van der Waals surface area contributed by atoms with Gasteiger partial charge in [0.1, 0.15) is 0 Å². The van der Waals surface area contributed by atoms with E-state index in [9.17, 15) is 4.79 Å². The van der Waals surface area contributed by atoms with E-state index in [-0.39, 0.29) is 5.97 Å². The average Bonchev–Trinajstić information content (AvgIpc) is 2.38. The predicted molar refractivity (Wildman–Crippen MR) is 66.5 cm³/mol. The topological polar surface area (TPSA) is 35.5 Å². The largest absolute Gasteiger partial charge is 0.463 e. The van der Waals surface area contributed by atoms with Gasteiger partial charge in [0.25, 0.3) is 0 Å². The van der Waals surface area contributed by atoms with Gasteiger partial charge in [-0.05, 0) is 18.4 Å². The maximum Gasteiger partial charge on any atom is 0.330 e. The summed E-state index contributed by atoms with van der Waals surface area (Å²) < 4.78 is 10.3. The van der Waals surface area contributed by atoms with Crippen LogP contribution in [0.15, 0.2) is 43.0 Å².